The average Bonchev–Trinajstić information content (AvgIpc) is 2.48. The molecule has 0 amide bonds. The van der Waals surface area contributed by atoms with Crippen molar-refractivity contribution in [3.8, 4) is 11.5 Å². The first-order chi connectivity index (χ1) is 10.2. The zero-order chi connectivity index (χ0) is 15.1. The maximum absolute atomic E-state index is 12.8. The molecule has 3 nitrogen and oxygen atoms in total. The van der Waals surface area contributed by atoms with Crippen molar-refractivity contribution >= 4 is 12.0 Å². The van der Waals surface area contributed by atoms with E-state index in [0.29, 0.717) is 18.1 Å². The molecule has 0 aliphatic rings. The normalized spacial score (nSPS) is 10.6. The van der Waals surface area contributed by atoms with Crippen molar-refractivity contribution in [3.05, 3.63) is 66.0 Å². The molecule has 0 spiro atoms. The standard InChI is InChI=1S/C17H15FO3/c1-2-20-17(19)11-6-13-4-3-5-16(12-13)21-15-9-7-14(18)8-10-15/h3-12H,2H2,1H3/b11-6+. The van der Waals surface area contributed by atoms with Crippen molar-refractivity contribution in [2.45, 2.75) is 6.92 Å². The summed E-state index contributed by atoms with van der Waals surface area (Å²) in [6.07, 6.45) is 3.01. The van der Waals surface area contributed by atoms with Crippen LogP contribution in [0, 0.1) is 5.82 Å². The van der Waals surface area contributed by atoms with Crippen LogP contribution in [0.15, 0.2) is 54.6 Å². The van der Waals surface area contributed by atoms with Gasteiger partial charge in [-0.05, 0) is 55.0 Å². The van der Waals surface area contributed by atoms with Crippen LogP contribution in [0.1, 0.15) is 12.5 Å². The Morgan fingerprint density at radius 1 is 1.14 bits per heavy atom. The summed E-state index contributed by atoms with van der Waals surface area (Å²) in [4.78, 5) is 11.2. The predicted molar refractivity (Wildman–Crippen MR) is 78.6 cm³/mol. The Bertz CT molecular complexity index is 633. The molecule has 0 bridgehead atoms. The van der Waals surface area contributed by atoms with Crippen LogP contribution in [-0.4, -0.2) is 12.6 Å². The summed E-state index contributed by atoms with van der Waals surface area (Å²) >= 11 is 0. The van der Waals surface area contributed by atoms with Gasteiger partial charge >= 0.3 is 5.97 Å². The molecular weight excluding hydrogens is 271 g/mol. The Kier molecular flexibility index (Phi) is 5.10. The molecule has 0 fully saturated rings. The fourth-order valence-corrected chi connectivity index (χ4v) is 1.68. The summed E-state index contributed by atoms with van der Waals surface area (Å²) in [5, 5.41) is 0. The number of benzene rings is 2. The van der Waals surface area contributed by atoms with Crippen LogP contribution < -0.4 is 4.74 Å². The molecule has 0 aliphatic carbocycles. The van der Waals surface area contributed by atoms with Crippen molar-refractivity contribution in [2.75, 3.05) is 6.61 Å². The number of hydrogen-bond acceptors (Lipinski definition) is 3. The van der Waals surface area contributed by atoms with E-state index in [2.05, 4.69) is 0 Å². The zero-order valence-electron chi connectivity index (χ0n) is 11.6. The fourth-order valence-electron chi connectivity index (χ4n) is 1.68. The zero-order valence-corrected chi connectivity index (χ0v) is 11.6. The maximum Gasteiger partial charge on any atom is 0.330 e. The van der Waals surface area contributed by atoms with Crippen molar-refractivity contribution < 1.29 is 18.7 Å². The summed E-state index contributed by atoms with van der Waals surface area (Å²) in [7, 11) is 0. The van der Waals surface area contributed by atoms with E-state index in [9.17, 15) is 9.18 Å². The highest BCUT2D eigenvalue weighted by molar-refractivity contribution is 5.87. The highest BCUT2D eigenvalue weighted by Crippen LogP contribution is 2.22. The van der Waals surface area contributed by atoms with Crippen molar-refractivity contribution in [3.63, 3.8) is 0 Å². The van der Waals surface area contributed by atoms with Gasteiger partial charge in [0.15, 0.2) is 0 Å². The summed E-state index contributed by atoms with van der Waals surface area (Å²) in [5.41, 5.74) is 0.808. The van der Waals surface area contributed by atoms with Crippen LogP contribution in [0.2, 0.25) is 0 Å². The molecule has 21 heavy (non-hydrogen) atoms. The number of esters is 1. The smallest absolute Gasteiger partial charge is 0.330 e. The van der Waals surface area contributed by atoms with E-state index in [4.69, 9.17) is 9.47 Å². The lowest BCUT2D eigenvalue weighted by Crippen LogP contribution is -1.98. The molecular formula is C17H15FO3. The van der Waals surface area contributed by atoms with Gasteiger partial charge in [-0.15, -0.1) is 0 Å². The van der Waals surface area contributed by atoms with Gasteiger partial charge in [-0.25, -0.2) is 9.18 Å². The van der Waals surface area contributed by atoms with Gasteiger partial charge in [0, 0.05) is 6.08 Å². The lowest BCUT2D eigenvalue weighted by atomic mass is 10.2. The van der Waals surface area contributed by atoms with Gasteiger partial charge in [0.05, 0.1) is 6.61 Å². The van der Waals surface area contributed by atoms with Crippen LogP contribution in [0.5, 0.6) is 11.5 Å². The van der Waals surface area contributed by atoms with Gasteiger partial charge in [0.1, 0.15) is 17.3 Å². The Hall–Kier alpha value is -2.62. The first-order valence-electron chi connectivity index (χ1n) is 6.55. The van der Waals surface area contributed by atoms with Gasteiger partial charge in [0.2, 0.25) is 0 Å². The predicted octanol–water partition coefficient (Wildman–Crippen LogP) is 4.19. The number of hydrogen-bond donors (Lipinski definition) is 0. The molecule has 0 saturated heterocycles. The van der Waals surface area contributed by atoms with Crippen LogP contribution in [-0.2, 0) is 9.53 Å². The molecule has 0 aromatic heterocycles. The van der Waals surface area contributed by atoms with Crippen LogP contribution in [0.25, 0.3) is 6.08 Å². The van der Waals surface area contributed by atoms with Gasteiger partial charge in [-0.2, -0.15) is 0 Å². The minimum absolute atomic E-state index is 0.312. The van der Waals surface area contributed by atoms with E-state index in [1.54, 1.807) is 37.3 Å². The van der Waals surface area contributed by atoms with Gasteiger partial charge in [0.25, 0.3) is 0 Å². The molecule has 0 atom stereocenters. The summed E-state index contributed by atoms with van der Waals surface area (Å²) in [6, 6.07) is 13.0. The summed E-state index contributed by atoms with van der Waals surface area (Å²) in [6.45, 7) is 2.10. The second-order valence-corrected chi connectivity index (χ2v) is 4.21. The Morgan fingerprint density at radius 2 is 1.90 bits per heavy atom. The first kappa shape index (κ1) is 14.8. The van der Waals surface area contributed by atoms with E-state index < -0.39 is 0 Å². The van der Waals surface area contributed by atoms with Gasteiger partial charge < -0.3 is 9.47 Å². The average molecular weight is 286 g/mol. The molecule has 0 aliphatic heterocycles. The highest BCUT2D eigenvalue weighted by atomic mass is 19.1. The lowest BCUT2D eigenvalue weighted by molar-refractivity contribution is -0.137. The van der Waals surface area contributed by atoms with E-state index >= 15 is 0 Å². The van der Waals surface area contributed by atoms with Crippen LogP contribution in [0.4, 0.5) is 4.39 Å². The van der Waals surface area contributed by atoms with E-state index in [1.165, 1.54) is 18.2 Å². The Balaban J connectivity index is 2.07. The van der Waals surface area contributed by atoms with Crippen molar-refractivity contribution in [1.29, 1.82) is 0 Å². The molecule has 2 aromatic rings. The molecule has 0 heterocycles. The van der Waals surface area contributed by atoms with Crippen molar-refractivity contribution in [2.24, 2.45) is 0 Å². The van der Waals surface area contributed by atoms with E-state index in [-0.39, 0.29) is 11.8 Å². The van der Waals surface area contributed by atoms with E-state index in [1.807, 2.05) is 12.1 Å². The minimum Gasteiger partial charge on any atom is -0.463 e. The minimum atomic E-state index is -0.387. The third kappa shape index (κ3) is 4.76. The molecule has 2 rings (SSSR count). The lowest BCUT2D eigenvalue weighted by Gasteiger charge is -2.06. The number of rotatable bonds is 5. The quantitative estimate of drug-likeness (QED) is 0.610. The fraction of sp³-hybridized carbons (Fsp3) is 0.118. The summed E-state index contributed by atoms with van der Waals surface area (Å²) in [5.74, 6) is 0.450. The van der Waals surface area contributed by atoms with Gasteiger partial charge in [-0.1, -0.05) is 12.1 Å². The first-order valence-corrected chi connectivity index (χ1v) is 6.55. The van der Waals surface area contributed by atoms with Gasteiger partial charge in [-0.3, -0.25) is 0 Å². The van der Waals surface area contributed by atoms with Crippen LogP contribution in [0.3, 0.4) is 0 Å². The SMILES string of the molecule is CCOC(=O)/C=C/c1cccc(Oc2ccc(F)cc2)c1. The second-order valence-electron chi connectivity index (χ2n) is 4.21. The molecule has 4 heteroatoms. The third-order valence-corrected chi connectivity index (χ3v) is 2.61. The number of ether oxygens (including phenoxy) is 2. The topological polar surface area (TPSA) is 35.5 Å². The molecule has 2 aromatic carbocycles. The second kappa shape index (κ2) is 7.24. The Morgan fingerprint density at radius 3 is 2.62 bits per heavy atom. The third-order valence-electron chi connectivity index (χ3n) is 2.61. The number of halogens is 1. The van der Waals surface area contributed by atoms with Crippen molar-refractivity contribution in [1.82, 2.24) is 0 Å². The largest absolute Gasteiger partial charge is 0.463 e. The summed E-state index contributed by atoms with van der Waals surface area (Å²) < 4.78 is 23.2. The monoisotopic (exact) mass is 286 g/mol. The number of carbonyl (C=O) groups is 1. The van der Waals surface area contributed by atoms with Crippen LogP contribution >= 0.6 is 0 Å². The molecule has 0 radical (unpaired) electrons. The maximum atomic E-state index is 12.8. The number of carbonyl (C=O) groups excluding carboxylic acids is 1. The molecule has 0 N–H and O–H groups in total. The molecule has 0 unspecified atom stereocenters. The Labute approximate surface area is 122 Å². The van der Waals surface area contributed by atoms with E-state index in [0.717, 1.165) is 5.56 Å². The molecule has 108 valence electrons. The molecule has 0 saturated carbocycles. The highest BCUT2D eigenvalue weighted by Gasteiger charge is 1.99.